The molecule has 4 aromatic rings. The van der Waals surface area contributed by atoms with Gasteiger partial charge in [0.15, 0.2) is 0 Å². The minimum atomic E-state index is 0.152. The third-order valence-corrected chi connectivity index (χ3v) is 7.26. The van der Waals surface area contributed by atoms with Gasteiger partial charge in [-0.25, -0.2) is 0 Å². The molecule has 0 radical (unpaired) electrons. The van der Waals surface area contributed by atoms with Gasteiger partial charge in [0.25, 0.3) is 0 Å². The van der Waals surface area contributed by atoms with Gasteiger partial charge in [0, 0.05) is 22.6 Å². The Labute approximate surface area is 219 Å². The zero-order valence-corrected chi connectivity index (χ0v) is 22.0. The van der Waals surface area contributed by atoms with E-state index in [1.54, 1.807) is 21.3 Å². The maximum atomic E-state index is 5.88. The van der Waals surface area contributed by atoms with E-state index in [0.29, 0.717) is 0 Å². The summed E-state index contributed by atoms with van der Waals surface area (Å²) in [6.45, 7) is 4.45. The normalized spacial score (nSPS) is 12.7. The summed E-state index contributed by atoms with van der Waals surface area (Å²) in [4.78, 5) is 0. The summed E-state index contributed by atoms with van der Waals surface area (Å²) in [6, 6.07) is 24.8. The monoisotopic (exact) mass is 488 g/mol. The van der Waals surface area contributed by atoms with Crippen LogP contribution in [0, 0.1) is 13.8 Å². The molecule has 0 bridgehead atoms. The molecule has 0 amide bonds. The van der Waals surface area contributed by atoms with Crippen molar-refractivity contribution in [2.45, 2.75) is 19.8 Å². The lowest BCUT2D eigenvalue weighted by molar-refractivity contribution is 0.415. The standard InChI is InChI=1S/C34H32O3/c1-22-31(24-14-6-7-15-24)32(25-16-8-11-19-28(25)35-3)23(2)34(27-18-10-13-21-30(27)37-5)33(22)26-17-9-12-20-29(26)36-4/h6-21,24H,1-5H3. The Morgan fingerprint density at radius 1 is 0.486 bits per heavy atom. The van der Waals surface area contributed by atoms with Gasteiger partial charge in [-0.15, -0.1) is 0 Å². The molecule has 4 aromatic carbocycles. The van der Waals surface area contributed by atoms with Gasteiger partial charge in [-0.2, -0.15) is 0 Å². The molecule has 0 saturated heterocycles. The Kier molecular flexibility index (Phi) is 6.87. The molecular formula is C34H32O3. The first-order chi connectivity index (χ1) is 18.1. The molecule has 1 aliphatic rings. The fraction of sp³-hybridized carbons (Fsp3) is 0.176. The molecule has 0 fully saturated rings. The highest BCUT2D eigenvalue weighted by Gasteiger charge is 2.29. The summed E-state index contributed by atoms with van der Waals surface area (Å²) < 4.78 is 17.6. The first kappa shape index (κ1) is 24.5. The van der Waals surface area contributed by atoms with Crippen molar-refractivity contribution in [3.05, 3.63) is 114 Å². The second kappa shape index (κ2) is 10.4. The van der Waals surface area contributed by atoms with Crippen LogP contribution in [0.3, 0.4) is 0 Å². The predicted molar refractivity (Wildman–Crippen MR) is 153 cm³/mol. The van der Waals surface area contributed by atoms with Gasteiger partial charge in [0.2, 0.25) is 0 Å². The largest absolute Gasteiger partial charge is 0.496 e. The van der Waals surface area contributed by atoms with E-state index in [9.17, 15) is 0 Å². The highest BCUT2D eigenvalue weighted by Crippen LogP contribution is 2.52. The molecule has 0 saturated carbocycles. The number of para-hydroxylation sites is 3. The van der Waals surface area contributed by atoms with E-state index in [-0.39, 0.29) is 5.92 Å². The number of hydrogen-bond donors (Lipinski definition) is 0. The molecule has 37 heavy (non-hydrogen) atoms. The van der Waals surface area contributed by atoms with Crippen LogP contribution in [0.5, 0.6) is 17.2 Å². The van der Waals surface area contributed by atoms with Gasteiger partial charge in [-0.1, -0.05) is 78.9 Å². The van der Waals surface area contributed by atoms with Crippen LogP contribution in [0.1, 0.15) is 22.6 Å². The molecule has 0 unspecified atom stereocenters. The number of hydrogen-bond acceptors (Lipinski definition) is 3. The van der Waals surface area contributed by atoms with Crippen LogP contribution in [0.25, 0.3) is 33.4 Å². The number of methoxy groups -OCH3 is 3. The first-order valence-corrected chi connectivity index (χ1v) is 12.5. The molecule has 186 valence electrons. The average molecular weight is 489 g/mol. The highest BCUT2D eigenvalue weighted by molar-refractivity contribution is 5.98. The van der Waals surface area contributed by atoms with Gasteiger partial charge in [-0.3, -0.25) is 0 Å². The van der Waals surface area contributed by atoms with Crippen LogP contribution in [-0.2, 0) is 0 Å². The summed E-state index contributed by atoms with van der Waals surface area (Å²) in [5, 5.41) is 0. The van der Waals surface area contributed by atoms with Crippen LogP contribution in [-0.4, -0.2) is 21.3 Å². The molecule has 0 heterocycles. The van der Waals surface area contributed by atoms with E-state index in [0.717, 1.165) is 45.1 Å². The van der Waals surface area contributed by atoms with Gasteiger partial charge >= 0.3 is 0 Å². The summed E-state index contributed by atoms with van der Waals surface area (Å²) in [5.74, 6) is 2.68. The van der Waals surface area contributed by atoms with Crippen molar-refractivity contribution in [3.8, 4) is 50.6 Å². The van der Waals surface area contributed by atoms with Gasteiger partial charge in [0.05, 0.1) is 21.3 Å². The van der Waals surface area contributed by atoms with Crippen molar-refractivity contribution in [2.75, 3.05) is 21.3 Å². The third kappa shape index (κ3) is 4.21. The van der Waals surface area contributed by atoms with Crippen LogP contribution >= 0.6 is 0 Å². The Hall–Kier alpha value is -4.24. The lowest BCUT2D eigenvalue weighted by atomic mass is 9.76. The SMILES string of the molecule is COc1ccccc1-c1c(C)c(-c2ccccc2OC)c(C2C=CC=C2)c(C)c1-c1ccccc1OC. The van der Waals surface area contributed by atoms with Crippen LogP contribution < -0.4 is 14.2 Å². The summed E-state index contributed by atoms with van der Waals surface area (Å²) in [6.07, 6.45) is 8.77. The Bertz CT molecular complexity index is 1500. The Balaban J connectivity index is 2.00. The van der Waals surface area contributed by atoms with Crippen LogP contribution in [0.4, 0.5) is 0 Å². The van der Waals surface area contributed by atoms with Crippen molar-refractivity contribution in [1.29, 1.82) is 0 Å². The van der Waals surface area contributed by atoms with Crippen molar-refractivity contribution in [2.24, 2.45) is 0 Å². The molecule has 5 rings (SSSR count). The van der Waals surface area contributed by atoms with Gasteiger partial charge < -0.3 is 14.2 Å². The zero-order valence-electron chi connectivity index (χ0n) is 22.0. The molecule has 3 nitrogen and oxygen atoms in total. The van der Waals surface area contributed by atoms with E-state index in [1.807, 2.05) is 36.4 Å². The van der Waals surface area contributed by atoms with E-state index < -0.39 is 0 Å². The summed E-state index contributed by atoms with van der Waals surface area (Å²) in [7, 11) is 5.20. The summed E-state index contributed by atoms with van der Waals surface area (Å²) in [5.41, 5.74) is 10.3. The maximum absolute atomic E-state index is 5.88. The van der Waals surface area contributed by atoms with Crippen LogP contribution in [0.15, 0.2) is 97.1 Å². The van der Waals surface area contributed by atoms with E-state index >= 15 is 0 Å². The minimum absolute atomic E-state index is 0.152. The summed E-state index contributed by atoms with van der Waals surface area (Å²) >= 11 is 0. The smallest absolute Gasteiger partial charge is 0.126 e. The van der Waals surface area contributed by atoms with E-state index in [2.05, 4.69) is 74.5 Å². The molecule has 1 aliphatic carbocycles. The lowest BCUT2D eigenvalue weighted by Crippen LogP contribution is -2.07. The number of rotatable bonds is 7. The van der Waals surface area contributed by atoms with Gasteiger partial charge in [0.1, 0.15) is 17.2 Å². The molecule has 3 heteroatoms. The number of allylic oxidation sites excluding steroid dienone is 4. The molecule has 0 N–H and O–H groups in total. The van der Waals surface area contributed by atoms with Crippen LogP contribution in [0.2, 0.25) is 0 Å². The zero-order chi connectivity index (χ0) is 25.9. The minimum Gasteiger partial charge on any atom is -0.496 e. The molecule has 0 aromatic heterocycles. The van der Waals surface area contributed by atoms with Crippen molar-refractivity contribution in [1.82, 2.24) is 0 Å². The number of benzene rings is 4. The predicted octanol–water partition coefficient (Wildman–Crippen LogP) is 8.54. The van der Waals surface area contributed by atoms with Gasteiger partial charge in [-0.05, 0) is 65.4 Å². The third-order valence-electron chi connectivity index (χ3n) is 7.26. The van der Waals surface area contributed by atoms with E-state index in [1.165, 1.54) is 22.3 Å². The van der Waals surface area contributed by atoms with Crippen molar-refractivity contribution in [3.63, 3.8) is 0 Å². The molecule has 0 aliphatic heterocycles. The van der Waals surface area contributed by atoms with Crippen molar-refractivity contribution >= 4 is 0 Å². The molecule has 0 spiro atoms. The lowest BCUT2D eigenvalue weighted by Gasteiger charge is -2.28. The quantitative estimate of drug-likeness (QED) is 0.261. The second-order valence-corrected chi connectivity index (χ2v) is 9.19. The molecular weight excluding hydrogens is 456 g/mol. The second-order valence-electron chi connectivity index (χ2n) is 9.19. The average Bonchev–Trinajstić information content (AvgIpc) is 3.48. The highest BCUT2D eigenvalue weighted by atomic mass is 16.5. The van der Waals surface area contributed by atoms with Crippen molar-refractivity contribution < 1.29 is 14.2 Å². The van der Waals surface area contributed by atoms with E-state index in [4.69, 9.17) is 14.2 Å². The topological polar surface area (TPSA) is 27.7 Å². The maximum Gasteiger partial charge on any atom is 0.126 e. The Morgan fingerprint density at radius 2 is 0.865 bits per heavy atom. The fourth-order valence-corrected chi connectivity index (χ4v) is 5.64. The molecule has 0 atom stereocenters. The fourth-order valence-electron chi connectivity index (χ4n) is 5.64. The first-order valence-electron chi connectivity index (χ1n) is 12.5. The Morgan fingerprint density at radius 3 is 1.30 bits per heavy atom. The number of ether oxygens (including phenoxy) is 3.